The van der Waals surface area contributed by atoms with Crippen LogP contribution in [0.1, 0.15) is 30.5 Å². The third-order valence-electron chi connectivity index (χ3n) is 5.17. The number of amides is 1. The van der Waals surface area contributed by atoms with Crippen LogP contribution < -0.4 is 26.0 Å². The van der Waals surface area contributed by atoms with Gasteiger partial charge in [0.25, 0.3) is 0 Å². The van der Waals surface area contributed by atoms with Crippen molar-refractivity contribution >= 4 is 15.9 Å². The van der Waals surface area contributed by atoms with Gasteiger partial charge >= 0.3 is 0 Å². The molecule has 2 aromatic rings. The van der Waals surface area contributed by atoms with E-state index in [0.29, 0.717) is 13.0 Å². The van der Waals surface area contributed by atoms with Gasteiger partial charge in [-0.1, -0.05) is 24.3 Å². The summed E-state index contributed by atoms with van der Waals surface area (Å²) in [6.45, 7) is 2.36. The predicted molar refractivity (Wildman–Crippen MR) is 109 cm³/mol. The van der Waals surface area contributed by atoms with E-state index in [0.717, 1.165) is 16.9 Å². The summed E-state index contributed by atoms with van der Waals surface area (Å²) in [5.74, 6) is 0.796. The third kappa shape index (κ3) is 5.33. The molecule has 0 radical (unpaired) electrons. The molecule has 0 aromatic heterocycles. The van der Waals surface area contributed by atoms with Crippen molar-refractivity contribution in [3.63, 3.8) is 0 Å². The first-order valence-electron chi connectivity index (χ1n) is 9.31. The summed E-state index contributed by atoms with van der Waals surface area (Å²) in [7, 11) is -2.09. The van der Waals surface area contributed by atoms with Crippen LogP contribution in [0.15, 0.2) is 53.4 Å². The minimum atomic E-state index is -3.72. The number of hydrazine groups is 1. The Bertz CT molecular complexity index is 945. The molecule has 29 heavy (non-hydrogen) atoms. The lowest BCUT2D eigenvalue weighted by atomic mass is 9.87. The average Bonchev–Trinajstić information content (AvgIpc) is 3.06. The Kier molecular flexibility index (Phi) is 6.53. The first-order valence-corrected chi connectivity index (χ1v) is 10.9. The number of hydrogen-bond acceptors (Lipinski definition) is 6. The van der Waals surface area contributed by atoms with E-state index >= 15 is 0 Å². The molecule has 8 nitrogen and oxygen atoms in total. The molecule has 0 saturated carbocycles. The van der Waals surface area contributed by atoms with Gasteiger partial charge < -0.3 is 10.1 Å². The van der Waals surface area contributed by atoms with Gasteiger partial charge in [0.1, 0.15) is 5.75 Å². The van der Waals surface area contributed by atoms with Crippen LogP contribution in [0.4, 0.5) is 0 Å². The Hall–Kier alpha value is -2.46. The summed E-state index contributed by atoms with van der Waals surface area (Å²) < 4.78 is 27.8. The molecule has 1 amide bonds. The van der Waals surface area contributed by atoms with Gasteiger partial charge in [0.15, 0.2) is 0 Å². The molecular formula is C20H26N4O4S. The average molecular weight is 419 g/mol. The highest BCUT2D eigenvalue weighted by Crippen LogP contribution is 2.32. The van der Waals surface area contributed by atoms with Crippen molar-refractivity contribution in [1.82, 2.24) is 16.2 Å². The molecule has 1 aliphatic rings. The van der Waals surface area contributed by atoms with Gasteiger partial charge in [-0.25, -0.2) is 19.0 Å². The molecule has 2 aromatic carbocycles. The smallest absolute Gasteiger partial charge is 0.238 e. The van der Waals surface area contributed by atoms with E-state index in [1.165, 1.54) is 12.1 Å². The number of benzene rings is 2. The van der Waals surface area contributed by atoms with Crippen LogP contribution in [0.25, 0.3) is 0 Å². The number of nitrogens with two attached hydrogens (primary N) is 1. The molecule has 1 aliphatic heterocycles. The largest absolute Gasteiger partial charge is 0.497 e. The van der Waals surface area contributed by atoms with Gasteiger partial charge in [0, 0.05) is 24.9 Å². The number of primary sulfonamides is 1. The van der Waals surface area contributed by atoms with Crippen LogP contribution >= 0.6 is 0 Å². The summed E-state index contributed by atoms with van der Waals surface area (Å²) in [5, 5.41) is 7.99. The number of sulfonamides is 1. The van der Waals surface area contributed by atoms with Crippen LogP contribution in [-0.4, -0.2) is 27.5 Å². The van der Waals surface area contributed by atoms with Gasteiger partial charge in [-0.2, -0.15) is 0 Å². The molecule has 1 fully saturated rings. The predicted octanol–water partition coefficient (Wildman–Crippen LogP) is 1.20. The van der Waals surface area contributed by atoms with Crippen molar-refractivity contribution < 1.29 is 17.9 Å². The Morgan fingerprint density at radius 3 is 2.34 bits per heavy atom. The Balaban J connectivity index is 1.59. The van der Waals surface area contributed by atoms with Crippen LogP contribution in [0.5, 0.6) is 5.75 Å². The SMILES string of the molecule is COc1ccc(C2NNC(C)C2CC(=O)NCc2ccc(S(N)(=O)=O)cc2)cc1. The first kappa shape index (κ1) is 21.3. The van der Waals surface area contributed by atoms with Crippen molar-refractivity contribution in [2.24, 2.45) is 11.1 Å². The Labute approximate surface area is 170 Å². The van der Waals surface area contributed by atoms with Crippen molar-refractivity contribution in [3.05, 3.63) is 59.7 Å². The fraction of sp³-hybridized carbons (Fsp3) is 0.350. The molecular weight excluding hydrogens is 392 g/mol. The number of carbonyl (C=O) groups excluding carboxylic acids is 1. The number of rotatable bonds is 7. The van der Waals surface area contributed by atoms with E-state index in [1.54, 1.807) is 19.2 Å². The van der Waals surface area contributed by atoms with Crippen molar-refractivity contribution in [2.45, 2.75) is 36.9 Å². The normalized spacial score (nSPS) is 21.7. The highest BCUT2D eigenvalue weighted by molar-refractivity contribution is 7.89. The zero-order valence-corrected chi connectivity index (χ0v) is 17.2. The highest BCUT2D eigenvalue weighted by atomic mass is 32.2. The summed E-state index contributed by atoms with van der Waals surface area (Å²) >= 11 is 0. The monoisotopic (exact) mass is 418 g/mol. The van der Waals surface area contributed by atoms with Crippen molar-refractivity contribution in [3.8, 4) is 5.75 Å². The second-order valence-electron chi connectivity index (χ2n) is 7.16. The van der Waals surface area contributed by atoms with Gasteiger partial charge in [-0.05, 0) is 42.3 Å². The number of carbonyl (C=O) groups is 1. The maximum Gasteiger partial charge on any atom is 0.238 e. The van der Waals surface area contributed by atoms with E-state index in [-0.39, 0.29) is 28.8 Å². The summed E-state index contributed by atoms with van der Waals surface area (Å²) in [5.41, 5.74) is 8.37. The third-order valence-corrected chi connectivity index (χ3v) is 6.10. The van der Waals surface area contributed by atoms with Gasteiger partial charge in [-0.15, -0.1) is 0 Å². The van der Waals surface area contributed by atoms with E-state index < -0.39 is 10.0 Å². The molecule has 5 N–H and O–H groups in total. The number of methoxy groups -OCH3 is 1. The first-order chi connectivity index (χ1) is 13.8. The molecule has 9 heteroatoms. The number of hydrogen-bond donors (Lipinski definition) is 4. The Morgan fingerprint density at radius 2 is 1.76 bits per heavy atom. The fourth-order valence-corrected chi connectivity index (χ4v) is 3.96. The quantitative estimate of drug-likeness (QED) is 0.536. The maximum atomic E-state index is 12.5. The molecule has 1 saturated heterocycles. The lowest BCUT2D eigenvalue weighted by molar-refractivity contribution is -0.122. The molecule has 3 unspecified atom stereocenters. The van der Waals surface area contributed by atoms with Gasteiger partial charge in [0.2, 0.25) is 15.9 Å². The van der Waals surface area contributed by atoms with Crippen LogP contribution in [0.2, 0.25) is 0 Å². The van der Waals surface area contributed by atoms with Crippen LogP contribution in [0, 0.1) is 5.92 Å². The lowest BCUT2D eigenvalue weighted by Crippen LogP contribution is -2.31. The topological polar surface area (TPSA) is 123 Å². The summed E-state index contributed by atoms with van der Waals surface area (Å²) in [4.78, 5) is 12.6. The second-order valence-corrected chi connectivity index (χ2v) is 8.72. The molecule has 0 bridgehead atoms. The molecule has 1 heterocycles. The standard InChI is InChI=1S/C20H26N4O4S/c1-13-18(20(24-23-13)15-5-7-16(28-2)8-6-15)11-19(25)22-12-14-3-9-17(10-4-14)29(21,26)27/h3-10,13,18,20,23-24H,11-12H2,1-2H3,(H,22,25)(H2,21,26,27). The van der Waals surface area contributed by atoms with Crippen LogP contribution in [0.3, 0.4) is 0 Å². The van der Waals surface area contributed by atoms with E-state index in [4.69, 9.17) is 9.88 Å². The summed E-state index contributed by atoms with van der Waals surface area (Å²) in [6, 6.07) is 14.1. The lowest BCUT2D eigenvalue weighted by Gasteiger charge is -2.21. The van der Waals surface area contributed by atoms with Gasteiger partial charge in [0.05, 0.1) is 18.0 Å². The van der Waals surface area contributed by atoms with Crippen molar-refractivity contribution in [2.75, 3.05) is 7.11 Å². The minimum Gasteiger partial charge on any atom is -0.497 e. The molecule has 0 aliphatic carbocycles. The number of ether oxygens (including phenoxy) is 1. The van der Waals surface area contributed by atoms with E-state index in [1.807, 2.05) is 31.2 Å². The van der Waals surface area contributed by atoms with Gasteiger partial charge in [-0.3, -0.25) is 10.2 Å². The number of nitrogens with one attached hydrogen (secondary N) is 3. The highest BCUT2D eigenvalue weighted by Gasteiger charge is 2.35. The molecule has 0 spiro atoms. The summed E-state index contributed by atoms with van der Waals surface area (Å²) in [6.07, 6.45) is 0.354. The zero-order valence-electron chi connectivity index (χ0n) is 16.4. The zero-order chi connectivity index (χ0) is 21.0. The molecule has 3 rings (SSSR count). The van der Waals surface area contributed by atoms with E-state index in [9.17, 15) is 13.2 Å². The second kappa shape index (κ2) is 8.91. The minimum absolute atomic E-state index is 0.00991. The molecule has 3 atom stereocenters. The van der Waals surface area contributed by atoms with Crippen LogP contribution in [-0.2, 0) is 21.4 Å². The molecule has 156 valence electrons. The van der Waals surface area contributed by atoms with E-state index in [2.05, 4.69) is 16.2 Å². The Morgan fingerprint density at radius 1 is 1.10 bits per heavy atom. The fourth-order valence-electron chi connectivity index (χ4n) is 3.44. The maximum absolute atomic E-state index is 12.5. The van der Waals surface area contributed by atoms with Crippen molar-refractivity contribution in [1.29, 1.82) is 0 Å².